The van der Waals surface area contributed by atoms with Gasteiger partial charge in [0.25, 0.3) is 0 Å². The van der Waals surface area contributed by atoms with Crippen LogP contribution < -0.4 is 0 Å². The zero-order chi connectivity index (χ0) is 14.0. The molecule has 19 heavy (non-hydrogen) atoms. The van der Waals surface area contributed by atoms with Crippen LogP contribution in [0.4, 0.5) is 13.6 Å². The van der Waals surface area contributed by atoms with Crippen molar-refractivity contribution in [2.75, 3.05) is 13.1 Å². The summed E-state index contributed by atoms with van der Waals surface area (Å²) in [7, 11) is 0. The molecule has 0 aliphatic carbocycles. The Morgan fingerprint density at radius 3 is 2.89 bits per heavy atom. The van der Waals surface area contributed by atoms with Crippen LogP contribution in [0.2, 0.25) is 0 Å². The molecule has 1 fully saturated rings. The van der Waals surface area contributed by atoms with Crippen LogP contribution in [0.3, 0.4) is 0 Å². The van der Waals surface area contributed by atoms with E-state index >= 15 is 0 Å². The molecular weight excluding hydrogens is 258 g/mol. The summed E-state index contributed by atoms with van der Waals surface area (Å²) in [5.41, 5.74) is -0.946. The lowest BCUT2D eigenvalue weighted by molar-refractivity contribution is 0.0551. The van der Waals surface area contributed by atoms with E-state index < -0.39 is 18.1 Å². The predicted molar refractivity (Wildman–Crippen MR) is 59.6 cm³/mol. The number of amides is 1. The highest BCUT2D eigenvalue weighted by Gasteiger charge is 2.41. The molecule has 2 rings (SSSR count). The third-order valence-corrected chi connectivity index (χ3v) is 3.28. The summed E-state index contributed by atoms with van der Waals surface area (Å²) in [6.07, 6.45) is 0.890. The lowest BCUT2D eigenvalue weighted by Crippen LogP contribution is -2.47. The van der Waals surface area contributed by atoms with Crippen molar-refractivity contribution >= 4 is 6.09 Å². The summed E-state index contributed by atoms with van der Waals surface area (Å²) in [5, 5.41) is 22.0. The van der Waals surface area contributed by atoms with Gasteiger partial charge in [0.05, 0.1) is 11.8 Å². The van der Waals surface area contributed by atoms with Gasteiger partial charge in [-0.3, -0.25) is 0 Å². The number of likely N-dealkylation sites (tertiary alicyclic amines) is 1. The highest BCUT2D eigenvalue weighted by Crippen LogP contribution is 2.33. The highest BCUT2D eigenvalue weighted by atomic mass is 19.3. The van der Waals surface area contributed by atoms with Crippen LogP contribution in [0.25, 0.3) is 0 Å². The van der Waals surface area contributed by atoms with Crippen molar-refractivity contribution in [1.82, 2.24) is 14.7 Å². The zero-order valence-electron chi connectivity index (χ0n) is 9.96. The molecule has 0 spiro atoms. The molecule has 1 aliphatic heterocycles. The molecule has 0 bridgehead atoms. The Kier molecular flexibility index (Phi) is 3.38. The van der Waals surface area contributed by atoms with Gasteiger partial charge in [-0.15, -0.1) is 0 Å². The largest absolute Gasteiger partial charge is 0.465 e. The number of carbonyl (C=O) groups is 1. The second-order valence-corrected chi connectivity index (χ2v) is 4.46. The van der Waals surface area contributed by atoms with Crippen molar-refractivity contribution in [3.63, 3.8) is 0 Å². The van der Waals surface area contributed by atoms with Gasteiger partial charge >= 0.3 is 12.6 Å². The maximum Gasteiger partial charge on any atom is 0.407 e. The molecule has 102 valence electrons. The summed E-state index contributed by atoms with van der Waals surface area (Å²) in [4.78, 5) is 12.1. The number of hydrogen-bond acceptors (Lipinski definition) is 3. The SMILES string of the molecule is N#CC1(c2ccn(C(F)F)n2)CCCN(C(=O)O)C1. The molecule has 1 aromatic rings. The van der Waals surface area contributed by atoms with E-state index in [2.05, 4.69) is 5.10 Å². The van der Waals surface area contributed by atoms with E-state index in [0.717, 1.165) is 11.1 Å². The van der Waals surface area contributed by atoms with Gasteiger partial charge in [-0.05, 0) is 18.9 Å². The molecule has 1 saturated heterocycles. The number of alkyl halides is 2. The number of hydrogen-bond donors (Lipinski definition) is 1. The van der Waals surface area contributed by atoms with Crippen molar-refractivity contribution in [2.45, 2.75) is 24.8 Å². The summed E-state index contributed by atoms with van der Waals surface area (Å²) in [6, 6.07) is 3.39. The number of halogens is 2. The van der Waals surface area contributed by atoms with Gasteiger partial charge in [-0.2, -0.15) is 19.1 Å². The third kappa shape index (κ3) is 2.36. The average molecular weight is 270 g/mol. The first-order valence-corrected chi connectivity index (χ1v) is 5.71. The van der Waals surface area contributed by atoms with E-state index in [1.807, 2.05) is 6.07 Å². The number of nitriles is 1. The molecule has 0 radical (unpaired) electrons. The van der Waals surface area contributed by atoms with E-state index in [9.17, 15) is 18.8 Å². The second-order valence-electron chi connectivity index (χ2n) is 4.46. The van der Waals surface area contributed by atoms with Crippen LogP contribution in [-0.2, 0) is 5.41 Å². The van der Waals surface area contributed by atoms with Crippen molar-refractivity contribution in [1.29, 1.82) is 5.26 Å². The lowest BCUT2D eigenvalue weighted by Gasteiger charge is -2.35. The van der Waals surface area contributed by atoms with E-state index in [-0.39, 0.29) is 12.2 Å². The maximum absolute atomic E-state index is 12.5. The molecule has 1 N–H and O–H groups in total. The summed E-state index contributed by atoms with van der Waals surface area (Å²) >= 11 is 0. The first-order valence-electron chi connectivity index (χ1n) is 5.71. The van der Waals surface area contributed by atoms with Gasteiger partial charge in [-0.25, -0.2) is 9.48 Å². The molecule has 8 heteroatoms. The van der Waals surface area contributed by atoms with Crippen LogP contribution in [0, 0.1) is 11.3 Å². The Morgan fingerprint density at radius 1 is 1.63 bits per heavy atom. The van der Waals surface area contributed by atoms with Gasteiger partial charge in [0.1, 0.15) is 5.41 Å². The maximum atomic E-state index is 12.5. The predicted octanol–water partition coefficient (Wildman–Crippen LogP) is 1.81. The fraction of sp³-hybridized carbons (Fsp3) is 0.545. The van der Waals surface area contributed by atoms with Gasteiger partial charge in [0.15, 0.2) is 0 Å². The van der Waals surface area contributed by atoms with Crippen LogP contribution in [0.15, 0.2) is 12.3 Å². The first kappa shape index (κ1) is 13.3. The van der Waals surface area contributed by atoms with Crippen molar-refractivity contribution < 1.29 is 18.7 Å². The van der Waals surface area contributed by atoms with Crippen molar-refractivity contribution in [3.8, 4) is 6.07 Å². The normalized spacial score (nSPS) is 23.4. The number of piperidine rings is 1. The molecule has 1 amide bonds. The molecular formula is C11H12F2N4O2. The quantitative estimate of drug-likeness (QED) is 0.888. The van der Waals surface area contributed by atoms with Gasteiger partial charge in [0.2, 0.25) is 0 Å². The fourth-order valence-corrected chi connectivity index (χ4v) is 2.28. The van der Waals surface area contributed by atoms with E-state index in [0.29, 0.717) is 24.1 Å². The zero-order valence-corrected chi connectivity index (χ0v) is 9.96. The summed E-state index contributed by atoms with van der Waals surface area (Å²) < 4.78 is 25.5. The van der Waals surface area contributed by atoms with E-state index in [1.54, 1.807) is 0 Å². The van der Waals surface area contributed by atoms with Crippen molar-refractivity contribution in [3.05, 3.63) is 18.0 Å². The molecule has 0 aromatic carbocycles. The second kappa shape index (κ2) is 4.84. The fourth-order valence-electron chi connectivity index (χ4n) is 2.28. The number of carboxylic acid groups (broad SMARTS) is 1. The van der Waals surface area contributed by atoms with Crippen LogP contribution in [-0.4, -0.2) is 39.0 Å². The minimum Gasteiger partial charge on any atom is -0.465 e. The van der Waals surface area contributed by atoms with E-state index in [1.165, 1.54) is 6.07 Å². The van der Waals surface area contributed by atoms with Gasteiger partial charge < -0.3 is 10.0 Å². The molecule has 0 saturated carbocycles. The Morgan fingerprint density at radius 2 is 2.37 bits per heavy atom. The monoisotopic (exact) mass is 270 g/mol. The van der Waals surface area contributed by atoms with Crippen LogP contribution in [0.1, 0.15) is 25.1 Å². The molecule has 1 aromatic heterocycles. The van der Waals surface area contributed by atoms with Gasteiger partial charge in [-0.1, -0.05) is 0 Å². The topological polar surface area (TPSA) is 82.2 Å². The molecule has 2 heterocycles. The number of aromatic nitrogens is 2. The Balaban J connectivity index is 2.31. The van der Waals surface area contributed by atoms with Gasteiger partial charge in [0, 0.05) is 19.3 Å². The minimum atomic E-state index is -2.77. The Labute approximate surface area is 107 Å². The number of rotatable bonds is 2. The Bertz CT molecular complexity index is 525. The third-order valence-electron chi connectivity index (χ3n) is 3.28. The van der Waals surface area contributed by atoms with Crippen molar-refractivity contribution in [2.24, 2.45) is 0 Å². The molecule has 1 unspecified atom stereocenters. The standard InChI is InChI=1S/C11H12F2N4O2/c12-9(13)17-5-2-8(15-17)11(6-14)3-1-4-16(7-11)10(18)19/h2,5,9H,1,3-4,7H2,(H,18,19). The Hall–Kier alpha value is -2.17. The molecule has 1 aliphatic rings. The smallest absolute Gasteiger partial charge is 0.407 e. The first-order chi connectivity index (χ1) is 8.98. The molecule has 6 nitrogen and oxygen atoms in total. The molecule has 1 atom stereocenters. The lowest BCUT2D eigenvalue weighted by atomic mass is 9.78. The summed E-state index contributed by atoms with van der Waals surface area (Å²) in [5.74, 6) is 0. The average Bonchev–Trinajstić information content (AvgIpc) is 2.89. The van der Waals surface area contributed by atoms with E-state index in [4.69, 9.17) is 5.11 Å². The number of nitrogens with zero attached hydrogens (tertiary/aromatic N) is 4. The van der Waals surface area contributed by atoms with Crippen LogP contribution >= 0.6 is 0 Å². The highest BCUT2D eigenvalue weighted by molar-refractivity contribution is 5.65. The summed E-state index contributed by atoms with van der Waals surface area (Å²) in [6.45, 7) is -2.48. The minimum absolute atomic E-state index is 0.0426. The van der Waals surface area contributed by atoms with Crippen LogP contribution in [0.5, 0.6) is 0 Å².